The summed E-state index contributed by atoms with van der Waals surface area (Å²) in [6.07, 6.45) is 70.5. The van der Waals surface area contributed by atoms with Gasteiger partial charge >= 0.3 is 17.9 Å². The van der Waals surface area contributed by atoms with Gasteiger partial charge in [0.2, 0.25) is 0 Å². The van der Waals surface area contributed by atoms with Crippen LogP contribution in [0.3, 0.4) is 0 Å². The summed E-state index contributed by atoms with van der Waals surface area (Å²) in [5.41, 5.74) is 0. The van der Waals surface area contributed by atoms with Crippen molar-refractivity contribution in [2.75, 3.05) is 13.2 Å². The molecule has 0 radical (unpaired) electrons. The normalized spacial score (nSPS) is 13.1. The van der Waals surface area contributed by atoms with E-state index in [9.17, 15) is 14.4 Å². The van der Waals surface area contributed by atoms with Gasteiger partial charge in [-0.15, -0.1) is 0 Å². The van der Waals surface area contributed by atoms with E-state index in [2.05, 4.69) is 93.7 Å². The number of esters is 3. The number of carbonyl (C=O) groups excluding carboxylic acids is 3. The summed E-state index contributed by atoms with van der Waals surface area (Å²) in [7, 11) is 0. The molecule has 1 unspecified atom stereocenters. The Morgan fingerprint density at radius 1 is 0.344 bits per heavy atom. The molecule has 64 heavy (non-hydrogen) atoms. The minimum Gasteiger partial charge on any atom is -0.462 e. The molecular weight excluding hydrogens is 793 g/mol. The van der Waals surface area contributed by atoms with Crippen LogP contribution in [0.5, 0.6) is 0 Å². The zero-order valence-corrected chi connectivity index (χ0v) is 41.0. The molecule has 0 saturated carbocycles. The minimum absolute atomic E-state index is 0.124. The average molecular weight is 885 g/mol. The van der Waals surface area contributed by atoms with E-state index in [1.54, 1.807) is 0 Å². The molecule has 0 aromatic rings. The Morgan fingerprint density at radius 3 is 1.20 bits per heavy atom. The van der Waals surface area contributed by atoms with E-state index in [4.69, 9.17) is 14.2 Å². The third kappa shape index (κ3) is 48.8. The first-order chi connectivity index (χ1) is 31.5. The number of allylic oxidation sites excluding steroid dienone is 20. The van der Waals surface area contributed by atoms with Crippen molar-refractivity contribution in [3.05, 3.63) is 122 Å². The van der Waals surface area contributed by atoms with Crippen LogP contribution in [0.25, 0.3) is 0 Å². The van der Waals surface area contributed by atoms with Gasteiger partial charge in [-0.3, -0.25) is 14.4 Å². The standard InChI is InChI=1S/C58H92O6/c1-4-7-10-13-16-19-22-25-27-28-29-30-31-34-36-39-42-45-48-51-57(60)63-54-55(53-62-56(59)50-47-44-41-38-35-32-24-21-18-15-12-9-6-3)64-58(61)52-49-46-43-40-37-33-26-23-20-17-14-11-8-5-2/h7,9-10,12,15-16,18-19,21,24-25,27,29-30,32,34-36,42,45,55H,4-6,8,11,13-14,17,20,22-23,26,28,31,33,37-41,43-44,46-54H2,1-3H3/b10-7-,12-9-,18-15-,19-16-,24-21-,27-25-,30-29-,35-32-,36-34-,45-42-. The smallest absolute Gasteiger partial charge is 0.306 e. The molecule has 6 nitrogen and oxygen atoms in total. The third-order valence-electron chi connectivity index (χ3n) is 10.3. The molecule has 0 amide bonds. The van der Waals surface area contributed by atoms with Crippen LogP contribution in [-0.4, -0.2) is 37.2 Å². The highest BCUT2D eigenvalue weighted by molar-refractivity contribution is 5.71. The SMILES string of the molecule is CC\C=C/C=C\C=C/C=C\CCCCCC(=O)OCC(COC(=O)CC/C=C\C/C=C\C/C=C\C/C=C\C/C=C\C/C=C\CC)OC(=O)CCCCCCCCCCCCCCCC. The highest BCUT2D eigenvalue weighted by Gasteiger charge is 2.19. The van der Waals surface area contributed by atoms with Crippen LogP contribution in [0.2, 0.25) is 0 Å². The molecule has 0 aliphatic rings. The molecule has 0 aromatic carbocycles. The molecule has 0 saturated heterocycles. The fraction of sp³-hybridized carbons (Fsp3) is 0.603. The van der Waals surface area contributed by atoms with Gasteiger partial charge in [-0.2, -0.15) is 0 Å². The lowest BCUT2D eigenvalue weighted by molar-refractivity contribution is -0.166. The summed E-state index contributed by atoms with van der Waals surface area (Å²) in [5.74, 6) is -1.05. The topological polar surface area (TPSA) is 78.9 Å². The fourth-order valence-corrected chi connectivity index (χ4v) is 6.54. The van der Waals surface area contributed by atoms with Crippen LogP contribution >= 0.6 is 0 Å². The molecule has 0 spiro atoms. The first-order valence-electron chi connectivity index (χ1n) is 25.6. The zero-order chi connectivity index (χ0) is 46.5. The van der Waals surface area contributed by atoms with E-state index in [1.807, 2.05) is 48.6 Å². The number of carbonyl (C=O) groups is 3. The summed E-state index contributed by atoms with van der Waals surface area (Å²) in [4.78, 5) is 37.9. The fourth-order valence-electron chi connectivity index (χ4n) is 6.54. The van der Waals surface area contributed by atoms with E-state index in [1.165, 1.54) is 70.6 Å². The Balaban J connectivity index is 4.56. The monoisotopic (exact) mass is 885 g/mol. The Kier molecular flexibility index (Phi) is 48.1. The molecule has 0 heterocycles. The number of ether oxygens (including phenoxy) is 3. The van der Waals surface area contributed by atoms with Crippen LogP contribution in [0.1, 0.15) is 207 Å². The summed E-state index contributed by atoms with van der Waals surface area (Å²) in [5, 5.41) is 0. The second kappa shape index (κ2) is 51.4. The summed E-state index contributed by atoms with van der Waals surface area (Å²) < 4.78 is 16.7. The van der Waals surface area contributed by atoms with Gasteiger partial charge in [-0.1, -0.05) is 232 Å². The minimum atomic E-state index is -0.825. The van der Waals surface area contributed by atoms with Gasteiger partial charge in [0.15, 0.2) is 6.10 Å². The van der Waals surface area contributed by atoms with Crippen molar-refractivity contribution in [3.63, 3.8) is 0 Å². The Labute approximate surface area is 392 Å². The van der Waals surface area contributed by atoms with E-state index in [-0.39, 0.29) is 37.5 Å². The highest BCUT2D eigenvalue weighted by atomic mass is 16.6. The van der Waals surface area contributed by atoms with E-state index < -0.39 is 6.10 Å². The molecule has 0 aliphatic carbocycles. The molecule has 0 aliphatic heterocycles. The number of rotatable bonds is 44. The lowest BCUT2D eigenvalue weighted by Crippen LogP contribution is -2.30. The van der Waals surface area contributed by atoms with Gasteiger partial charge in [-0.05, 0) is 77.0 Å². The Morgan fingerprint density at radius 2 is 0.719 bits per heavy atom. The van der Waals surface area contributed by atoms with E-state index >= 15 is 0 Å². The Bertz CT molecular complexity index is 1390. The van der Waals surface area contributed by atoms with Gasteiger partial charge in [0, 0.05) is 19.3 Å². The van der Waals surface area contributed by atoms with Crippen LogP contribution in [0, 0.1) is 0 Å². The lowest BCUT2D eigenvalue weighted by atomic mass is 10.0. The number of hydrogen-bond acceptors (Lipinski definition) is 6. The predicted octanol–water partition coefficient (Wildman–Crippen LogP) is 16.9. The molecular formula is C58H92O6. The van der Waals surface area contributed by atoms with E-state index in [0.29, 0.717) is 19.3 Å². The highest BCUT2D eigenvalue weighted by Crippen LogP contribution is 2.14. The molecule has 0 bridgehead atoms. The van der Waals surface area contributed by atoms with Crippen molar-refractivity contribution in [1.82, 2.24) is 0 Å². The maximum absolute atomic E-state index is 12.8. The van der Waals surface area contributed by atoms with Crippen molar-refractivity contribution in [2.24, 2.45) is 0 Å². The molecule has 0 rings (SSSR count). The van der Waals surface area contributed by atoms with Crippen LogP contribution in [-0.2, 0) is 28.6 Å². The third-order valence-corrected chi connectivity index (χ3v) is 10.3. The van der Waals surface area contributed by atoms with Crippen molar-refractivity contribution < 1.29 is 28.6 Å². The lowest BCUT2D eigenvalue weighted by Gasteiger charge is -2.18. The number of unbranched alkanes of at least 4 members (excludes halogenated alkanes) is 16. The largest absolute Gasteiger partial charge is 0.462 e. The summed E-state index contributed by atoms with van der Waals surface area (Å²) in [6.45, 7) is 6.27. The first kappa shape index (κ1) is 59.8. The van der Waals surface area contributed by atoms with Crippen molar-refractivity contribution >= 4 is 17.9 Å². The first-order valence-corrected chi connectivity index (χ1v) is 25.6. The quantitative estimate of drug-likeness (QED) is 0.0199. The maximum atomic E-state index is 12.8. The average Bonchev–Trinajstić information content (AvgIpc) is 3.29. The van der Waals surface area contributed by atoms with Crippen molar-refractivity contribution in [2.45, 2.75) is 213 Å². The molecule has 0 fully saturated rings. The Hall–Kier alpha value is -4.19. The van der Waals surface area contributed by atoms with Gasteiger partial charge in [0.25, 0.3) is 0 Å². The molecule has 0 N–H and O–H groups in total. The van der Waals surface area contributed by atoms with Crippen molar-refractivity contribution in [3.8, 4) is 0 Å². The van der Waals surface area contributed by atoms with Crippen LogP contribution < -0.4 is 0 Å². The predicted molar refractivity (Wildman–Crippen MR) is 274 cm³/mol. The van der Waals surface area contributed by atoms with E-state index in [0.717, 1.165) is 89.9 Å². The second-order valence-corrected chi connectivity index (χ2v) is 16.4. The van der Waals surface area contributed by atoms with Gasteiger partial charge < -0.3 is 14.2 Å². The van der Waals surface area contributed by atoms with Crippen molar-refractivity contribution in [1.29, 1.82) is 0 Å². The van der Waals surface area contributed by atoms with Gasteiger partial charge in [0.05, 0.1) is 0 Å². The number of hydrogen-bond donors (Lipinski definition) is 0. The molecule has 0 aromatic heterocycles. The summed E-state index contributed by atoms with van der Waals surface area (Å²) in [6, 6.07) is 0. The second-order valence-electron chi connectivity index (χ2n) is 16.4. The maximum Gasteiger partial charge on any atom is 0.306 e. The zero-order valence-electron chi connectivity index (χ0n) is 41.0. The molecule has 1 atom stereocenters. The molecule has 360 valence electrons. The van der Waals surface area contributed by atoms with Crippen LogP contribution in [0.4, 0.5) is 0 Å². The molecule has 6 heteroatoms. The van der Waals surface area contributed by atoms with Crippen LogP contribution in [0.15, 0.2) is 122 Å². The van der Waals surface area contributed by atoms with Gasteiger partial charge in [0.1, 0.15) is 13.2 Å². The van der Waals surface area contributed by atoms with Gasteiger partial charge in [-0.25, -0.2) is 0 Å². The summed E-state index contributed by atoms with van der Waals surface area (Å²) >= 11 is 0.